The number of carboxylic acid groups (broad SMARTS) is 3. The third kappa shape index (κ3) is 26.3. The van der Waals surface area contributed by atoms with E-state index in [0.717, 1.165) is 23.6 Å². The Labute approximate surface area is 630 Å². The highest BCUT2D eigenvalue weighted by atomic mass is 16.4. The van der Waals surface area contributed by atoms with Crippen molar-refractivity contribution in [2.45, 2.75) is 226 Å². The van der Waals surface area contributed by atoms with Crippen molar-refractivity contribution >= 4 is 101 Å². The predicted molar refractivity (Wildman–Crippen MR) is 377 cm³/mol. The highest BCUT2D eigenvalue weighted by Gasteiger charge is 2.47. The van der Waals surface area contributed by atoms with E-state index in [1.807, 2.05) is 0 Å². The number of carbonyl (C=O) groups excluding carboxylic acids is 14. The molecule has 0 spiro atoms. The molecule has 1 aromatic heterocycles. The molecule has 44 heteroatoms. The molecule has 4 saturated heterocycles. The summed E-state index contributed by atoms with van der Waals surface area (Å²) in [6.07, 6.45) is -1.19. The maximum atomic E-state index is 14.4. The number of hydrogen-bond donors (Lipinski definition) is 22. The van der Waals surface area contributed by atoms with Crippen LogP contribution in [0.2, 0.25) is 0 Å². The van der Waals surface area contributed by atoms with E-state index in [2.05, 4.69) is 63.1 Å². The van der Waals surface area contributed by atoms with Crippen molar-refractivity contribution in [1.29, 1.82) is 0 Å². The van der Waals surface area contributed by atoms with Crippen LogP contribution in [0.5, 0.6) is 0 Å². The van der Waals surface area contributed by atoms with Crippen molar-refractivity contribution < 1.29 is 122 Å². The van der Waals surface area contributed by atoms with Gasteiger partial charge in [0, 0.05) is 45.2 Å². The summed E-state index contributed by atoms with van der Waals surface area (Å²) >= 11 is 0. The van der Waals surface area contributed by atoms with Crippen LogP contribution >= 0.6 is 0 Å². The SMILES string of the molecule is C[C@@H](O)[C@H](NC(=O)[C@H](CCCCN)NC(=O)[C@H](CC(=O)O)NC(=O)[C@H](CO)NC(=O)[C@H](CCCCN)NC(=O)[C@@H]1CCCN1C(=O)[C@@H](N)CCC(=O)O)C(=O)N[C@@H](Cc1c[nH]cn1)C(=O)N[C@H](C(=O)N[C@@H](CO)C(=O)N1CCC[C@H]1C(=O)N1CCC[C@H]1C(=O)N[C@@H](CO)C(=O)N1CCC[C@H]1C(=O)NCC(=O)O)[C@@H](C)O. The Bertz CT molecular complexity index is 3400. The average Bonchev–Trinajstić information content (AvgIpc) is 1.64. The zero-order chi connectivity index (χ0) is 81.6. The first-order chi connectivity index (χ1) is 52.2. The van der Waals surface area contributed by atoms with Crippen LogP contribution in [0.15, 0.2) is 12.5 Å². The Balaban J connectivity index is 1.26. The van der Waals surface area contributed by atoms with E-state index in [1.165, 1.54) is 22.3 Å². The minimum absolute atomic E-state index is 0.0112. The minimum atomic E-state index is -2.07. The molecule has 0 aromatic carbocycles. The first kappa shape index (κ1) is 90.5. The van der Waals surface area contributed by atoms with Gasteiger partial charge in [-0.05, 0) is 123 Å². The summed E-state index contributed by atoms with van der Waals surface area (Å²) < 4.78 is 0. The van der Waals surface area contributed by atoms with Gasteiger partial charge < -0.3 is 136 Å². The lowest BCUT2D eigenvalue weighted by molar-refractivity contribution is -0.149. The Morgan fingerprint density at radius 3 is 1.35 bits per heavy atom. The van der Waals surface area contributed by atoms with Crippen molar-refractivity contribution in [2.75, 3.05) is 65.6 Å². The molecule has 25 N–H and O–H groups in total. The van der Waals surface area contributed by atoms with Crippen molar-refractivity contribution in [2.24, 2.45) is 17.2 Å². The van der Waals surface area contributed by atoms with Gasteiger partial charge in [0.15, 0.2) is 0 Å². The number of nitrogens with one attached hydrogen (secondary N) is 11. The van der Waals surface area contributed by atoms with Gasteiger partial charge >= 0.3 is 17.9 Å². The number of aromatic amines is 1. The molecule has 0 bridgehead atoms. The zero-order valence-electron chi connectivity index (χ0n) is 61.2. The molecule has 1 aromatic rings. The number of likely N-dealkylation sites (tertiary alicyclic amines) is 4. The fourth-order valence-electron chi connectivity index (χ4n) is 13.2. The number of nitrogens with two attached hydrogens (primary N) is 3. The molecule has 4 aliphatic rings. The number of aromatic nitrogens is 2. The van der Waals surface area contributed by atoms with Crippen LogP contribution in [0.25, 0.3) is 0 Å². The number of aliphatic hydroxyl groups is 5. The summed E-state index contributed by atoms with van der Waals surface area (Å²) in [6, 6.07) is -22.3. The second-order valence-electron chi connectivity index (χ2n) is 27.3. The Hall–Kier alpha value is -10.1. The number of carbonyl (C=O) groups is 17. The second-order valence-corrected chi connectivity index (χ2v) is 27.3. The molecular formula is C66H105N19O25. The summed E-state index contributed by atoms with van der Waals surface area (Å²) in [5, 5.41) is 104. The molecule has 0 aliphatic carbocycles. The molecule has 0 saturated carbocycles. The first-order valence-electron chi connectivity index (χ1n) is 36.4. The maximum Gasteiger partial charge on any atom is 0.322 e. The third-order valence-electron chi connectivity index (χ3n) is 19.0. The molecule has 614 valence electrons. The van der Waals surface area contributed by atoms with Gasteiger partial charge in [-0.25, -0.2) is 4.98 Å². The van der Waals surface area contributed by atoms with Crippen LogP contribution in [0.4, 0.5) is 0 Å². The summed E-state index contributed by atoms with van der Waals surface area (Å²) in [5.41, 5.74) is 17.5. The summed E-state index contributed by atoms with van der Waals surface area (Å²) in [4.78, 5) is 240. The van der Waals surface area contributed by atoms with Gasteiger partial charge in [-0.2, -0.15) is 0 Å². The third-order valence-corrected chi connectivity index (χ3v) is 19.0. The lowest BCUT2D eigenvalue weighted by atomic mass is 10.0. The number of H-pyrrole nitrogens is 1. The van der Waals surface area contributed by atoms with Gasteiger partial charge in [0.1, 0.15) is 85.1 Å². The van der Waals surface area contributed by atoms with E-state index >= 15 is 0 Å². The van der Waals surface area contributed by atoms with E-state index in [1.54, 1.807) is 0 Å². The smallest absolute Gasteiger partial charge is 0.322 e. The molecule has 110 heavy (non-hydrogen) atoms. The van der Waals surface area contributed by atoms with Crippen LogP contribution in [0.1, 0.15) is 129 Å². The van der Waals surface area contributed by atoms with Crippen molar-refractivity contribution in [1.82, 2.24) is 82.7 Å². The van der Waals surface area contributed by atoms with E-state index in [4.69, 9.17) is 27.4 Å². The van der Waals surface area contributed by atoms with Crippen molar-refractivity contribution in [3.05, 3.63) is 18.2 Å². The fourth-order valence-corrected chi connectivity index (χ4v) is 13.2. The van der Waals surface area contributed by atoms with Crippen molar-refractivity contribution in [3.63, 3.8) is 0 Å². The number of aliphatic carboxylic acids is 3. The number of aliphatic hydroxyl groups excluding tert-OH is 5. The molecule has 16 atom stereocenters. The Kier molecular flexibility index (Phi) is 36.6. The molecule has 14 amide bonds. The normalized spacial score (nSPS) is 20.1. The molecule has 4 fully saturated rings. The predicted octanol–water partition coefficient (Wildman–Crippen LogP) is -10.9. The zero-order valence-corrected chi connectivity index (χ0v) is 61.2. The van der Waals surface area contributed by atoms with E-state index in [9.17, 15) is 112 Å². The van der Waals surface area contributed by atoms with Gasteiger partial charge in [0.05, 0.1) is 56.5 Å². The van der Waals surface area contributed by atoms with Crippen LogP contribution in [-0.4, -0.2) is 333 Å². The van der Waals surface area contributed by atoms with E-state index in [0.29, 0.717) is 19.3 Å². The minimum Gasteiger partial charge on any atom is -0.481 e. The van der Waals surface area contributed by atoms with Crippen LogP contribution in [-0.2, 0) is 87.9 Å². The highest BCUT2D eigenvalue weighted by molar-refractivity contribution is 6.01. The van der Waals surface area contributed by atoms with Gasteiger partial charge in [-0.3, -0.25) is 81.5 Å². The Morgan fingerprint density at radius 2 is 0.864 bits per heavy atom. The van der Waals surface area contributed by atoms with E-state index < -0.39 is 243 Å². The topological polar surface area (TPSA) is 692 Å². The molecule has 5 heterocycles. The largest absolute Gasteiger partial charge is 0.481 e. The maximum absolute atomic E-state index is 14.4. The molecule has 0 unspecified atom stereocenters. The lowest BCUT2D eigenvalue weighted by Gasteiger charge is -2.33. The first-order valence-corrected chi connectivity index (χ1v) is 36.4. The van der Waals surface area contributed by atoms with Gasteiger partial charge in [0.25, 0.3) is 0 Å². The van der Waals surface area contributed by atoms with Crippen LogP contribution in [0.3, 0.4) is 0 Å². The van der Waals surface area contributed by atoms with Crippen LogP contribution < -0.4 is 70.4 Å². The Morgan fingerprint density at radius 1 is 0.464 bits per heavy atom. The number of imidazole rings is 1. The second kappa shape index (κ2) is 44.5. The molecule has 0 radical (unpaired) electrons. The lowest BCUT2D eigenvalue weighted by Crippen LogP contribution is -2.63. The number of rotatable bonds is 45. The highest BCUT2D eigenvalue weighted by Crippen LogP contribution is 2.27. The molecular weight excluding hydrogens is 1460 g/mol. The molecule has 4 aliphatic heterocycles. The fraction of sp³-hybridized carbons (Fsp3) is 0.697. The number of carboxylic acids is 3. The number of hydrogen-bond acceptors (Lipinski definition) is 26. The average molecular weight is 1560 g/mol. The van der Waals surface area contributed by atoms with Gasteiger partial charge in [-0.15, -0.1) is 0 Å². The number of amides is 14. The van der Waals surface area contributed by atoms with Crippen molar-refractivity contribution in [3.8, 4) is 0 Å². The monoisotopic (exact) mass is 1560 g/mol. The molecule has 5 rings (SSSR count). The summed E-state index contributed by atoms with van der Waals surface area (Å²) in [7, 11) is 0. The van der Waals surface area contributed by atoms with Gasteiger partial charge in [0.2, 0.25) is 82.7 Å². The quantitative estimate of drug-likeness (QED) is 0.0270. The standard InChI is InChI=1S/C66H105N19O25/c1-33(89)51(80-54(98)38(12-4-6-20-68)73-55(99)40(26-49(93)94)75-57(101)41(29-86)77-53(97)37(11-3-5-19-67)74-59(103)45-14-8-21-82(45)63(107)36(69)17-18-48(91)92)61(105)76-39(25-35-27-70-32-72-35)56(100)81-52(34(2)90)62(106)79-43(31-88)65(109)85-24-10-16-47(85)66(110)84-23-9-15-46(84)60(104)78-42(30-87)64(108)83-22-7-13-44(83)58(102)71-28-50(95)96/h27,32-34,36-47,51-52,86-90H,3-26,28-31,67-69H2,1-2H3,(H,70,72)(H,71,102)(H,73,99)(H,74,103)(H,75,101)(H,76,105)(H,77,97)(H,78,104)(H,79,106)(H,80,98)(H,81,100)(H,91,92)(H,93,94)(H,95,96)/t33-,34-,36+,37+,38+,39+,40+,41+,42+,43+,44+,45+,46+,47+,51+,52+/m1/s1. The van der Waals surface area contributed by atoms with E-state index in [-0.39, 0.29) is 122 Å². The van der Waals surface area contributed by atoms with Crippen LogP contribution in [0, 0.1) is 0 Å². The summed E-state index contributed by atoms with van der Waals surface area (Å²) in [5.74, 6) is -18.5. The molecule has 44 nitrogen and oxygen atoms in total. The van der Waals surface area contributed by atoms with Gasteiger partial charge in [-0.1, -0.05) is 0 Å². The number of unbranched alkanes of at least 4 members (excludes halogenated alkanes) is 2. The number of nitrogens with zero attached hydrogens (tertiary/aromatic N) is 5. The summed E-state index contributed by atoms with van der Waals surface area (Å²) in [6.45, 7) is -1.47.